The van der Waals surface area contributed by atoms with E-state index < -0.39 is 61.8 Å². The number of aryl methyl sites for hydroxylation is 1. The van der Waals surface area contributed by atoms with Gasteiger partial charge >= 0.3 is 12.5 Å². The fourth-order valence-electron chi connectivity index (χ4n) is 2.49. The highest BCUT2D eigenvalue weighted by Crippen LogP contribution is 2.46. The van der Waals surface area contributed by atoms with Crippen molar-refractivity contribution in [3.63, 3.8) is 0 Å². The Labute approximate surface area is 130 Å². The Bertz CT molecular complexity index is 593. The lowest BCUT2D eigenvalue weighted by Gasteiger charge is -2.28. The molecule has 12 heteroatoms. The molecule has 1 aliphatic rings. The van der Waals surface area contributed by atoms with Crippen molar-refractivity contribution in [2.45, 2.75) is 50.4 Å². The Morgan fingerprint density at radius 1 is 1.21 bits per heavy atom. The van der Waals surface area contributed by atoms with Gasteiger partial charge in [-0.1, -0.05) is 0 Å². The number of aliphatic hydroxyl groups is 1. The molecule has 1 aliphatic carbocycles. The molecule has 0 saturated heterocycles. The molecular weight excluding hydrogens is 356 g/mol. The maximum atomic E-state index is 13.5. The summed E-state index contributed by atoms with van der Waals surface area (Å²) in [7, 11) is 0. The van der Waals surface area contributed by atoms with Crippen molar-refractivity contribution in [2.75, 3.05) is 6.61 Å². The molecule has 0 amide bonds. The fraction of sp³-hybridized carbons (Fsp3) is 0.750. The Morgan fingerprint density at radius 3 is 2.38 bits per heavy atom. The van der Waals surface area contributed by atoms with Crippen LogP contribution in [0.1, 0.15) is 35.9 Å². The Balaban J connectivity index is 2.25. The molecule has 1 heterocycles. The fourth-order valence-corrected chi connectivity index (χ4v) is 2.49. The van der Waals surface area contributed by atoms with Crippen LogP contribution in [-0.2, 0) is 23.9 Å². The second-order valence-corrected chi connectivity index (χ2v) is 5.24. The molecular formula is C12H12F8N2O2. The minimum atomic E-state index is -5.08. The number of alkyl halides is 8. The normalized spacial score (nSPS) is 21.0. The molecule has 4 nitrogen and oxygen atoms in total. The molecule has 138 valence electrons. The Kier molecular flexibility index (Phi) is 4.83. The van der Waals surface area contributed by atoms with Crippen molar-refractivity contribution >= 4 is 0 Å². The zero-order valence-corrected chi connectivity index (χ0v) is 11.9. The zero-order valence-electron chi connectivity index (χ0n) is 11.9. The van der Waals surface area contributed by atoms with Crippen molar-refractivity contribution < 1.29 is 45.0 Å². The number of aliphatic hydroxyl groups excluding tert-OH is 1. The SMILES string of the molecule is O[C@H]1c2c(C(F)(F)F)nn(CCCOC(F)(F)F)c2CCC1(F)F. The van der Waals surface area contributed by atoms with Crippen LogP contribution in [0.5, 0.6) is 0 Å². The molecule has 0 radical (unpaired) electrons. The average Bonchev–Trinajstić information content (AvgIpc) is 2.77. The van der Waals surface area contributed by atoms with Crippen LogP contribution < -0.4 is 0 Å². The van der Waals surface area contributed by atoms with Gasteiger partial charge in [0.05, 0.1) is 6.61 Å². The molecule has 1 aromatic rings. The standard InChI is InChI=1S/C12H12F8N2O2/c13-10(14)3-2-6-7(9(10)23)8(11(15,16)17)21-22(6)4-1-5-24-12(18,19)20/h9,23H,1-5H2/t9-/m0/s1. The topological polar surface area (TPSA) is 47.3 Å². The van der Waals surface area contributed by atoms with E-state index in [2.05, 4.69) is 9.84 Å². The van der Waals surface area contributed by atoms with Crippen molar-refractivity contribution in [2.24, 2.45) is 0 Å². The summed E-state index contributed by atoms with van der Waals surface area (Å²) in [6.07, 6.45) is -14.3. The summed E-state index contributed by atoms with van der Waals surface area (Å²) in [5.74, 6) is -3.74. The van der Waals surface area contributed by atoms with Gasteiger partial charge in [0.25, 0.3) is 5.92 Å². The third-order valence-corrected chi connectivity index (χ3v) is 3.52. The van der Waals surface area contributed by atoms with Crippen LogP contribution in [0.2, 0.25) is 0 Å². The summed E-state index contributed by atoms with van der Waals surface area (Å²) >= 11 is 0. The highest BCUT2D eigenvalue weighted by Gasteiger charge is 2.51. The van der Waals surface area contributed by atoms with Crippen LogP contribution in [0.3, 0.4) is 0 Å². The molecule has 0 bridgehead atoms. The predicted molar refractivity (Wildman–Crippen MR) is 62.1 cm³/mol. The number of rotatable bonds is 4. The lowest BCUT2D eigenvalue weighted by Crippen LogP contribution is -2.33. The van der Waals surface area contributed by atoms with Gasteiger partial charge in [0.1, 0.15) is 6.10 Å². The van der Waals surface area contributed by atoms with E-state index in [1.54, 1.807) is 0 Å². The number of hydrogen-bond donors (Lipinski definition) is 1. The van der Waals surface area contributed by atoms with Crippen LogP contribution in [0, 0.1) is 0 Å². The smallest absolute Gasteiger partial charge is 0.382 e. The maximum Gasteiger partial charge on any atom is 0.522 e. The first-order chi connectivity index (χ1) is 10.8. The molecule has 24 heavy (non-hydrogen) atoms. The number of nitrogens with zero attached hydrogens (tertiary/aromatic N) is 2. The second-order valence-electron chi connectivity index (χ2n) is 5.24. The summed E-state index contributed by atoms with van der Waals surface area (Å²) < 4.78 is 106. The quantitative estimate of drug-likeness (QED) is 0.654. The first-order valence-corrected chi connectivity index (χ1v) is 6.76. The van der Waals surface area contributed by atoms with Crippen LogP contribution >= 0.6 is 0 Å². The first-order valence-electron chi connectivity index (χ1n) is 6.76. The van der Waals surface area contributed by atoms with Gasteiger partial charge in [-0.15, -0.1) is 13.2 Å². The molecule has 0 unspecified atom stereocenters. The van der Waals surface area contributed by atoms with Gasteiger partial charge in [-0.05, 0) is 12.8 Å². The Hall–Kier alpha value is -1.43. The largest absolute Gasteiger partial charge is 0.522 e. The summed E-state index contributed by atoms with van der Waals surface area (Å²) in [5.41, 5.74) is -2.93. The zero-order chi connectivity index (χ0) is 18.3. The van der Waals surface area contributed by atoms with E-state index >= 15 is 0 Å². The lowest BCUT2D eigenvalue weighted by molar-refractivity contribution is -0.324. The highest BCUT2D eigenvalue weighted by atomic mass is 19.4. The van der Waals surface area contributed by atoms with E-state index in [9.17, 15) is 40.2 Å². The second kappa shape index (κ2) is 6.14. The van der Waals surface area contributed by atoms with Gasteiger partial charge in [-0.2, -0.15) is 18.3 Å². The van der Waals surface area contributed by atoms with E-state index in [-0.39, 0.29) is 12.1 Å². The van der Waals surface area contributed by atoms with Gasteiger partial charge in [-0.3, -0.25) is 9.42 Å². The molecule has 0 fully saturated rings. The van der Waals surface area contributed by atoms with Crippen LogP contribution in [0.25, 0.3) is 0 Å². The minimum Gasteiger partial charge on any atom is -0.382 e. The molecule has 0 aliphatic heterocycles. The minimum absolute atomic E-state index is 0.257. The third kappa shape index (κ3) is 3.97. The number of fused-ring (bicyclic) bond motifs is 1. The van der Waals surface area contributed by atoms with Crippen molar-refractivity contribution in [3.8, 4) is 0 Å². The molecule has 1 N–H and O–H groups in total. The van der Waals surface area contributed by atoms with E-state index in [4.69, 9.17) is 0 Å². The van der Waals surface area contributed by atoms with Gasteiger partial charge in [0.2, 0.25) is 0 Å². The van der Waals surface area contributed by atoms with E-state index in [0.29, 0.717) is 4.68 Å². The molecule has 0 spiro atoms. The molecule has 0 aromatic carbocycles. The summed E-state index contributed by atoms with van der Waals surface area (Å²) in [4.78, 5) is 0. The van der Waals surface area contributed by atoms with E-state index in [1.165, 1.54) is 0 Å². The number of hydrogen-bond acceptors (Lipinski definition) is 3. The monoisotopic (exact) mass is 368 g/mol. The van der Waals surface area contributed by atoms with Gasteiger partial charge in [-0.25, -0.2) is 8.78 Å². The molecule has 1 atom stereocenters. The third-order valence-electron chi connectivity index (χ3n) is 3.52. The predicted octanol–water partition coefficient (Wildman–Crippen LogP) is 3.44. The maximum absolute atomic E-state index is 13.5. The van der Waals surface area contributed by atoms with E-state index in [0.717, 1.165) is 0 Å². The van der Waals surface area contributed by atoms with Crippen LogP contribution in [0.4, 0.5) is 35.1 Å². The highest BCUT2D eigenvalue weighted by molar-refractivity contribution is 5.35. The van der Waals surface area contributed by atoms with Crippen molar-refractivity contribution in [1.82, 2.24) is 9.78 Å². The average molecular weight is 368 g/mol. The molecule has 2 rings (SSSR count). The van der Waals surface area contributed by atoms with Crippen LogP contribution in [0.15, 0.2) is 0 Å². The summed E-state index contributed by atoms with van der Waals surface area (Å²) in [6, 6.07) is 0. The molecule has 1 aromatic heterocycles. The lowest BCUT2D eigenvalue weighted by atomic mass is 9.89. The number of halogens is 8. The number of ether oxygens (including phenoxy) is 1. The van der Waals surface area contributed by atoms with Gasteiger partial charge in [0.15, 0.2) is 5.69 Å². The Morgan fingerprint density at radius 2 is 1.83 bits per heavy atom. The molecule has 0 saturated carbocycles. The summed E-state index contributed by atoms with van der Waals surface area (Å²) in [5, 5.41) is 12.7. The van der Waals surface area contributed by atoms with Gasteiger partial charge in [0, 0.05) is 24.2 Å². The summed E-state index contributed by atoms with van der Waals surface area (Å²) in [6.45, 7) is -1.22. The van der Waals surface area contributed by atoms with Crippen molar-refractivity contribution in [1.29, 1.82) is 0 Å². The van der Waals surface area contributed by atoms with Gasteiger partial charge < -0.3 is 5.11 Å². The van der Waals surface area contributed by atoms with Crippen LogP contribution in [-0.4, -0.2) is 33.8 Å². The first kappa shape index (κ1) is 18.9. The van der Waals surface area contributed by atoms with Crippen molar-refractivity contribution in [3.05, 3.63) is 17.0 Å². The number of aromatic nitrogens is 2. The van der Waals surface area contributed by atoms with E-state index in [1.807, 2.05) is 0 Å².